The van der Waals surface area contributed by atoms with E-state index in [9.17, 15) is 4.79 Å². The summed E-state index contributed by atoms with van der Waals surface area (Å²) in [6, 6.07) is 18.8. The molecular formula is C26H29N5OS. The summed E-state index contributed by atoms with van der Waals surface area (Å²) in [6.07, 6.45) is 5.86. The summed E-state index contributed by atoms with van der Waals surface area (Å²) in [7, 11) is 0. The highest BCUT2D eigenvalue weighted by molar-refractivity contribution is 7.20. The molecular weight excluding hydrogens is 430 g/mol. The number of carbonyl (C=O) groups is 1. The minimum Gasteiger partial charge on any atom is -0.356 e. The number of hydrogen-bond donors (Lipinski definition) is 1. The van der Waals surface area contributed by atoms with Crippen LogP contribution in [0.3, 0.4) is 0 Å². The van der Waals surface area contributed by atoms with E-state index in [1.165, 1.54) is 11.1 Å². The number of rotatable bonds is 7. The van der Waals surface area contributed by atoms with Crippen molar-refractivity contribution in [1.29, 1.82) is 0 Å². The summed E-state index contributed by atoms with van der Waals surface area (Å²) in [5, 5.41) is 8.85. The molecule has 0 spiro atoms. The van der Waals surface area contributed by atoms with Crippen LogP contribution in [-0.2, 0) is 11.2 Å². The van der Waals surface area contributed by atoms with Crippen molar-refractivity contribution < 1.29 is 4.79 Å². The Morgan fingerprint density at radius 3 is 2.76 bits per heavy atom. The molecule has 7 heteroatoms. The predicted octanol–water partition coefficient (Wildman–Crippen LogP) is 4.73. The zero-order valence-electron chi connectivity index (χ0n) is 18.9. The zero-order chi connectivity index (χ0) is 22.6. The summed E-state index contributed by atoms with van der Waals surface area (Å²) in [4.78, 5) is 20.7. The number of aryl methyl sites for hydroxylation is 2. The summed E-state index contributed by atoms with van der Waals surface area (Å²) < 4.78 is 1.86. The van der Waals surface area contributed by atoms with Crippen LogP contribution in [-0.4, -0.2) is 40.1 Å². The number of nitrogens with zero attached hydrogens (tertiary/aromatic N) is 4. The lowest BCUT2D eigenvalue weighted by atomic mass is 9.97. The van der Waals surface area contributed by atoms with Crippen molar-refractivity contribution in [2.45, 2.75) is 32.6 Å². The molecule has 170 valence electrons. The second-order valence-corrected chi connectivity index (χ2v) is 9.70. The second-order valence-electron chi connectivity index (χ2n) is 8.77. The normalized spacial score (nSPS) is 16.3. The molecule has 2 aromatic carbocycles. The fourth-order valence-electron chi connectivity index (χ4n) is 4.34. The number of piperidine rings is 1. The third-order valence-corrected chi connectivity index (χ3v) is 7.21. The molecule has 1 fully saturated rings. The first-order valence-corrected chi connectivity index (χ1v) is 12.5. The topological polar surface area (TPSA) is 62.5 Å². The molecule has 0 unspecified atom stereocenters. The standard InChI is InChI=1S/C26H29N5OS/c1-19-11-13-21(14-12-19)23-18-31-25(28-23)33-26(29-31)30-16-6-10-22(17-30)24(32)27-15-5-9-20-7-3-2-4-8-20/h2-4,7-8,11-14,18,22H,5-6,9-10,15-17H2,1H3,(H,27,32)/t22-/m0/s1. The highest BCUT2D eigenvalue weighted by Gasteiger charge is 2.27. The van der Waals surface area contributed by atoms with Crippen LogP contribution >= 0.6 is 11.3 Å². The number of carbonyl (C=O) groups excluding carboxylic acids is 1. The van der Waals surface area contributed by atoms with Crippen LogP contribution in [0.4, 0.5) is 5.13 Å². The van der Waals surface area contributed by atoms with Crippen LogP contribution in [0.2, 0.25) is 0 Å². The van der Waals surface area contributed by atoms with Crippen molar-refractivity contribution in [2.24, 2.45) is 5.92 Å². The maximum absolute atomic E-state index is 12.8. The fourth-order valence-corrected chi connectivity index (χ4v) is 5.26. The van der Waals surface area contributed by atoms with Crippen LogP contribution in [0, 0.1) is 12.8 Å². The van der Waals surface area contributed by atoms with Crippen molar-refractivity contribution in [3.8, 4) is 11.3 Å². The summed E-state index contributed by atoms with van der Waals surface area (Å²) >= 11 is 1.59. The number of hydrogen-bond acceptors (Lipinski definition) is 5. The van der Waals surface area contributed by atoms with Gasteiger partial charge in [0.2, 0.25) is 16.0 Å². The highest BCUT2D eigenvalue weighted by Crippen LogP contribution is 2.30. The Kier molecular flexibility index (Phi) is 6.39. The maximum atomic E-state index is 12.8. The highest BCUT2D eigenvalue weighted by atomic mass is 32.1. The number of benzene rings is 2. The third-order valence-electron chi connectivity index (χ3n) is 6.23. The Morgan fingerprint density at radius 2 is 1.97 bits per heavy atom. The summed E-state index contributed by atoms with van der Waals surface area (Å²) in [5.41, 5.74) is 4.59. The summed E-state index contributed by atoms with van der Waals surface area (Å²) in [5.74, 6) is 0.172. The molecule has 4 aromatic rings. The Hall–Kier alpha value is -3.19. The quantitative estimate of drug-likeness (QED) is 0.406. The molecule has 1 aliphatic rings. The van der Waals surface area contributed by atoms with Crippen molar-refractivity contribution in [3.05, 3.63) is 71.9 Å². The van der Waals surface area contributed by atoms with E-state index >= 15 is 0 Å². The van der Waals surface area contributed by atoms with Gasteiger partial charge < -0.3 is 10.2 Å². The fraction of sp³-hybridized carbons (Fsp3) is 0.346. The van der Waals surface area contributed by atoms with Gasteiger partial charge in [0.05, 0.1) is 17.8 Å². The van der Waals surface area contributed by atoms with Crippen LogP contribution in [0.5, 0.6) is 0 Å². The Bertz CT molecular complexity index is 1180. The van der Waals surface area contributed by atoms with Gasteiger partial charge in [-0.25, -0.2) is 9.50 Å². The number of aromatic nitrogens is 3. The van der Waals surface area contributed by atoms with Gasteiger partial charge in [0.1, 0.15) is 0 Å². The first-order valence-electron chi connectivity index (χ1n) is 11.7. The first-order chi connectivity index (χ1) is 16.2. The Labute approximate surface area is 198 Å². The second kappa shape index (κ2) is 9.75. The first kappa shape index (κ1) is 21.6. The van der Waals surface area contributed by atoms with E-state index in [4.69, 9.17) is 10.1 Å². The van der Waals surface area contributed by atoms with E-state index in [-0.39, 0.29) is 11.8 Å². The zero-order valence-corrected chi connectivity index (χ0v) is 19.7. The van der Waals surface area contributed by atoms with Crippen LogP contribution < -0.4 is 10.2 Å². The molecule has 1 N–H and O–H groups in total. The van der Waals surface area contributed by atoms with Crippen molar-refractivity contribution in [3.63, 3.8) is 0 Å². The minimum atomic E-state index is 0.00909. The van der Waals surface area contributed by atoms with Gasteiger partial charge in [0.15, 0.2) is 0 Å². The predicted molar refractivity (Wildman–Crippen MR) is 134 cm³/mol. The van der Waals surface area contributed by atoms with Gasteiger partial charge >= 0.3 is 0 Å². The van der Waals surface area contributed by atoms with E-state index < -0.39 is 0 Å². The monoisotopic (exact) mass is 459 g/mol. The lowest BCUT2D eigenvalue weighted by Gasteiger charge is -2.31. The molecule has 1 saturated heterocycles. The van der Waals surface area contributed by atoms with E-state index in [0.29, 0.717) is 6.54 Å². The number of anilines is 1. The van der Waals surface area contributed by atoms with Gasteiger partial charge in [-0.2, -0.15) is 0 Å². The largest absolute Gasteiger partial charge is 0.356 e. The third kappa shape index (κ3) is 5.09. The molecule has 0 saturated carbocycles. The van der Waals surface area contributed by atoms with Crippen molar-refractivity contribution >= 4 is 27.3 Å². The molecule has 1 aliphatic heterocycles. The molecule has 33 heavy (non-hydrogen) atoms. The van der Waals surface area contributed by atoms with E-state index in [1.807, 2.05) is 16.8 Å². The molecule has 0 radical (unpaired) electrons. The number of imidazole rings is 1. The number of nitrogens with one attached hydrogen (secondary N) is 1. The van der Waals surface area contributed by atoms with Gasteiger partial charge in [-0.05, 0) is 38.2 Å². The van der Waals surface area contributed by atoms with Crippen molar-refractivity contribution in [1.82, 2.24) is 19.9 Å². The van der Waals surface area contributed by atoms with Gasteiger partial charge in [-0.1, -0.05) is 71.5 Å². The SMILES string of the molecule is Cc1ccc(-c2cn3nc(N4CCC[C@H](C(=O)NCCCc5ccccc5)C4)sc3n2)cc1. The van der Waals surface area contributed by atoms with E-state index in [1.54, 1.807) is 11.3 Å². The molecule has 6 nitrogen and oxygen atoms in total. The Morgan fingerprint density at radius 1 is 1.15 bits per heavy atom. The Balaban J connectivity index is 1.17. The molecule has 0 aliphatic carbocycles. The number of fused-ring (bicyclic) bond motifs is 1. The molecule has 3 heterocycles. The van der Waals surface area contributed by atoms with Gasteiger partial charge in [0.25, 0.3) is 0 Å². The van der Waals surface area contributed by atoms with Crippen LogP contribution in [0.25, 0.3) is 16.2 Å². The molecule has 0 bridgehead atoms. The average Bonchev–Trinajstić information content (AvgIpc) is 3.43. The average molecular weight is 460 g/mol. The van der Waals surface area contributed by atoms with Gasteiger partial charge in [-0.3, -0.25) is 4.79 Å². The lowest BCUT2D eigenvalue weighted by molar-refractivity contribution is -0.125. The summed E-state index contributed by atoms with van der Waals surface area (Å²) in [6.45, 7) is 4.45. The van der Waals surface area contributed by atoms with Crippen molar-refractivity contribution in [2.75, 3.05) is 24.5 Å². The van der Waals surface area contributed by atoms with Crippen LogP contribution in [0.15, 0.2) is 60.8 Å². The molecule has 1 atom stereocenters. The molecule has 5 rings (SSSR count). The lowest BCUT2D eigenvalue weighted by Crippen LogP contribution is -2.43. The molecule has 1 amide bonds. The van der Waals surface area contributed by atoms with Gasteiger partial charge in [-0.15, -0.1) is 5.10 Å². The van der Waals surface area contributed by atoms with E-state index in [0.717, 1.165) is 60.1 Å². The number of amides is 1. The van der Waals surface area contributed by atoms with E-state index in [2.05, 4.69) is 65.7 Å². The maximum Gasteiger partial charge on any atom is 0.224 e. The van der Waals surface area contributed by atoms with Crippen LogP contribution in [0.1, 0.15) is 30.4 Å². The van der Waals surface area contributed by atoms with Gasteiger partial charge in [0, 0.05) is 25.2 Å². The smallest absolute Gasteiger partial charge is 0.224 e. The molecule has 2 aromatic heterocycles. The minimum absolute atomic E-state index is 0.00909.